The summed E-state index contributed by atoms with van der Waals surface area (Å²) in [4.78, 5) is 23.4. The van der Waals surface area contributed by atoms with E-state index in [-0.39, 0.29) is 39.1 Å². The molecule has 0 heterocycles. The van der Waals surface area contributed by atoms with Gasteiger partial charge in [0.05, 0.1) is 33.0 Å². The van der Waals surface area contributed by atoms with E-state index < -0.39 is 17.7 Å². The highest BCUT2D eigenvalue weighted by Crippen LogP contribution is 2.24. The van der Waals surface area contributed by atoms with Gasteiger partial charge >= 0.3 is 11.9 Å². The zero-order valence-corrected chi connectivity index (χ0v) is 17.7. The van der Waals surface area contributed by atoms with Crippen LogP contribution in [0.4, 0.5) is 0 Å². The van der Waals surface area contributed by atoms with Crippen LogP contribution in [0.5, 0.6) is 0 Å². The van der Waals surface area contributed by atoms with Crippen LogP contribution in [0.1, 0.15) is 65.7 Å². The summed E-state index contributed by atoms with van der Waals surface area (Å²) in [6.07, 6.45) is 4.19. The van der Waals surface area contributed by atoms with Gasteiger partial charge in [-0.15, -0.1) is 0 Å². The van der Waals surface area contributed by atoms with Gasteiger partial charge in [0.15, 0.2) is 0 Å². The van der Waals surface area contributed by atoms with Gasteiger partial charge in [0.25, 0.3) is 5.79 Å². The molecule has 0 aliphatic carbocycles. The summed E-state index contributed by atoms with van der Waals surface area (Å²) in [5, 5.41) is 8.91. The Hall–Kier alpha value is -1.22. The molecule has 0 rings (SSSR count). The molecule has 0 aliphatic heterocycles. The number of unbranched alkanes of at least 4 members (excludes halogenated alkanes) is 2. The number of carbonyl (C=O) groups is 2. The molecule has 0 aliphatic rings. The van der Waals surface area contributed by atoms with Gasteiger partial charge in [-0.1, -0.05) is 26.7 Å². The van der Waals surface area contributed by atoms with Crippen molar-refractivity contribution in [2.75, 3.05) is 46.2 Å². The third-order valence-electron chi connectivity index (χ3n) is 3.89. The number of carbonyl (C=O) groups excluding carboxylic acids is 1. The van der Waals surface area contributed by atoms with Gasteiger partial charge in [-0.2, -0.15) is 0 Å². The second-order valence-electron chi connectivity index (χ2n) is 6.35. The standard InChI is InChI=1S/C20H38O8/c1-4-7-12-24-14-16-27-20(19(23)26-6-3,11-9-10-18(21)22)28-17-15-25-13-8-5-2/h4-17H2,1-3H3,(H,21,22). The fourth-order valence-corrected chi connectivity index (χ4v) is 2.35. The molecule has 0 fully saturated rings. The lowest BCUT2D eigenvalue weighted by molar-refractivity contribution is -0.257. The average Bonchev–Trinajstić information content (AvgIpc) is 2.66. The minimum absolute atomic E-state index is 0.0854. The fraction of sp³-hybridized carbons (Fsp3) is 0.900. The van der Waals surface area contributed by atoms with E-state index >= 15 is 0 Å². The van der Waals surface area contributed by atoms with Crippen molar-refractivity contribution in [3.63, 3.8) is 0 Å². The highest BCUT2D eigenvalue weighted by atomic mass is 16.7. The van der Waals surface area contributed by atoms with Crippen LogP contribution in [0.25, 0.3) is 0 Å². The van der Waals surface area contributed by atoms with E-state index in [0.717, 1.165) is 25.7 Å². The lowest BCUT2D eigenvalue weighted by atomic mass is 10.1. The van der Waals surface area contributed by atoms with Gasteiger partial charge in [0.1, 0.15) is 0 Å². The molecule has 0 aromatic carbocycles. The molecule has 0 saturated carbocycles. The Morgan fingerprint density at radius 3 is 1.75 bits per heavy atom. The highest BCUT2D eigenvalue weighted by Gasteiger charge is 2.42. The number of ether oxygens (including phenoxy) is 5. The summed E-state index contributed by atoms with van der Waals surface area (Å²) in [5.74, 6) is -3.24. The van der Waals surface area contributed by atoms with Crippen molar-refractivity contribution in [3.05, 3.63) is 0 Å². The molecule has 0 bridgehead atoms. The van der Waals surface area contributed by atoms with Crippen molar-refractivity contribution < 1.29 is 38.4 Å². The van der Waals surface area contributed by atoms with E-state index in [9.17, 15) is 9.59 Å². The van der Waals surface area contributed by atoms with Crippen LogP contribution in [0, 0.1) is 0 Å². The number of aliphatic carboxylic acids is 1. The highest BCUT2D eigenvalue weighted by molar-refractivity contribution is 5.78. The molecule has 0 spiro atoms. The number of rotatable bonds is 20. The molecule has 0 atom stereocenters. The summed E-state index contributed by atoms with van der Waals surface area (Å²) in [7, 11) is 0. The Morgan fingerprint density at radius 2 is 1.32 bits per heavy atom. The van der Waals surface area contributed by atoms with Gasteiger partial charge in [0, 0.05) is 26.1 Å². The van der Waals surface area contributed by atoms with E-state index in [1.165, 1.54) is 0 Å². The summed E-state index contributed by atoms with van der Waals surface area (Å²) in [5.41, 5.74) is 0. The summed E-state index contributed by atoms with van der Waals surface area (Å²) in [6, 6.07) is 0. The molecule has 1 N–H and O–H groups in total. The zero-order valence-electron chi connectivity index (χ0n) is 17.7. The maximum atomic E-state index is 12.6. The predicted molar refractivity (Wildman–Crippen MR) is 104 cm³/mol. The normalized spacial score (nSPS) is 11.5. The maximum absolute atomic E-state index is 12.6. The van der Waals surface area contributed by atoms with Crippen LogP contribution in [0.3, 0.4) is 0 Å². The molecule has 0 amide bonds. The zero-order chi connectivity index (χ0) is 21.1. The first-order chi connectivity index (χ1) is 13.5. The molecule has 0 saturated heterocycles. The first kappa shape index (κ1) is 26.8. The molecular weight excluding hydrogens is 368 g/mol. The monoisotopic (exact) mass is 406 g/mol. The summed E-state index contributed by atoms with van der Waals surface area (Å²) in [6.45, 7) is 8.18. The molecule has 28 heavy (non-hydrogen) atoms. The number of carboxylic acids is 1. The van der Waals surface area contributed by atoms with Crippen LogP contribution < -0.4 is 0 Å². The van der Waals surface area contributed by atoms with Crippen molar-refractivity contribution in [3.8, 4) is 0 Å². The largest absolute Gasteiger partial charge is 0.481 e. The van der Waals surface area contributed by atoms with Crippen LogP contribution in [-0.4, -0.2) is 69.1 Å². The number of hydrogen-bond donors (Lipinski definition) is 1. The quantitative estimate of drug-likeness (QED) is 0.187. The third kappa shape index (κ3) is 13.0. The van der Waals surface area contributed by atoms with E-state index in [4.69, 9.17) is 28.8 Å². The van der Waals surface area contributed by atoms with E-state index in [2.05, 4.69) is 13.8 Å². The molecule has 0 unspecified atom stereocenters. The van der Waals surface area contributed by atoms with Crippen LogP contribution in [0.2, 0.25) is 0 Å². The van der Waals surface area contributed by atoms with Crippen molar-refractivity contribution >= 4 is 11.9 Å². The summed E-state index contributed by atoms with van der Waals surface area (Å²) < 4.78 is 27.6. The van der Waals surface area contributed by atoms with Gasteiger partial charge in [0.2, 0.25) is 0 Å². The molecule has 0 radical (unpaired) electrons. The molecule has 166 valence electrons. The topological polar surface area (TPSA) is 101 Å². The number of carboxylic acid groups (broad SMARTS) is 1. The molecule has 8 heteroatoms. The second kappa shape index (κ2) is 17.8. The number of esters is 1. The van der Waals surface area contributed by atoms with Crippen molar-refractivity contribution in [1.82, 2.24) is 0 Å². The Labute approximate surface area is 168 Å². The molecule has 0 aromatic rings. The average molecular weight is 407 g/mol. The Kier molecular flexibility index (Phi) is 17.1. The Balaban J connectivity index is 4.82. The van der Waals surface area contributed by atoms with Crippen LogP contribution in [-0.2, 0) is 33.3 Å². The van der Waals surface area contributed by atoms with Gasteiger partial charge in [-0.05, 0) is 26.2 Å². The van der Waals surface area contributed by atoms with Gasteiger partial charge < -0.3 is 28.8 Å². The van der Waals surface area contributed by atoms with Gasteiger partial charge in [-0.25, -0.2) is 4.79 Å². The lowest BCUT2D eigenvalue weighted by Gasteiger charge is -2.31. The van der Waals surface area contributed by atoms with Crippen LogP contribution >= 0.6 is 0 Å². The van der Waals surface area contributed by atoms with Crippen molar-refractivity contribution in [2.24, 2.45) is 0 Å². The van der Waals surface area contributed by atoms with Gasteiger partial charge in [-0.3, -0.25) is 4.79 Å². The SMILES string of the molecule is CCCCOCCOC(CCCC(=O)O)(OCCOCCCC)C(=O)OCC. The smallest absolute Gasteiger partial charge is 0.366 e. The molecule has 8 nitrogen and oxygen atoms in total. The maximum Gasteiger partial charge on any atom is 0.366 e. The molecule has 0 aromatic heterocycles. The Bertz CT molecular complexity index is 384. The molecular formula is C20H38O8. The van der Waals surface area contributed by atoms with Crippen molar-refractivity contribution in [1.29, 1.82) is 0 Å². The first-order valence-electron chi connectivity index (χ1n) is 10.3. The van der Waals surface area contributed by atoms with Crippen LogP contribution in [0.15, 0.2) is 0 Å². The van der Waals surface area contributed by atoms with E-state index in [1.807, 2.05) is 0 Å². The Morgan fingerprint density at radius 1 is 0.786 bits per heavy atom. The lowest BCUT2D eigenvalue weighted by Crippen LogP contribution is -2.47. The minimum Gasteiger partial charge on any atom is -0.481 e. The fourth-order valence-electron chi connectivity index (χ4n) is 2.35. The van der Waals surface area contributed by atoms with Crippen molar-refractivity contribution in [2.45, 2.75) is 71.5 Å². The minimum atomic E-state index is -1.65. The predicted octanol–water partition coefficient (Wildman–Crippen LogP) is 3.17. The summed E-state index contributed by atoms with van der Waals surface area (Å²) >= 11 is 0. The van der Waals surface area contributed by atoms with E-state index in [1.54, 1.807) is 6.92 Å². The number of hydrogen-bond acceptors (Lipinski definition) is 7. The first-order valence-corrected chi connectivity index (χ1v) is 10.3. The van der Waals surface area contributed by atoms with E-state index in [0.29, 0.717) is 26.4 Å². The third-order valence-corrected chi connectivity index (χ3v) is 3.89. The second-order valence-corrected chi connectivity index (χ2v) is 6.35.